The van der Waals surface area contributed by atoms with E-state index >= 15 is 0 Å². The molecule has 1 atom stereocenters. The summed E-state index contributed by atoms with van der Waals surface area (Å²) in [4.78, 5) is 15.8. The van der Waals surface area contributed by atoms with E-state index in [0.717, 1.165) is 29.5 Å². The van der Waals surface area contributed by atoms with Gasteiger partial charge >= 0.3 is 0 Å². The lowest BCUT2D eigenvalue weighted by molar-refractivity contribution is 0.102. The highest BCUT2D eigenvalue weighted by atomic mass is 32.2. The summed E-state index contributed by atoms with van der Waals surface area (Å²) in [7, 11) is 0. The molecule has 1 aromatic carbocycles. The smallest absolute Gasteiger partial charge is 0.259 e. The molecule has 0 bridgehead atoms. The number of thiazole rings is 1. The molecule has 0 radical (unpaired) electrons. The number of nitriles is 1. The van der Waals surface area contributed by atoms with Gasteiger partial charge in [-0.15, -0.1) is 11.3 Å². The Kier molecular flexibility index (Phi) is 4.59. The van der Waals surface area contributed by atoms with Crippen molar-refractivity contribution < 1.29 is 17.9 Å². The molecule has 0 saturated heterocycles. The van der Waals surface area contributed by atoms with E-state index in [1.54, 1.807) is 0 Å². The predicted octanol–water partition coefficient (Wildman–Crippen LogP) is 1.61. The summed E-state index contributed by atoms with van der Waals surface area (Å²) in [5.41, 5.74) is -0.124. The van der Waals surface area contributed by atoms with Crippen molar-refractivity contribution in [3.05, 3.63) is 40.7 Å². The Labute approximate surface area is 124 Å². The van der Waals surface area contributed by atoms with Crippen LogP contribution in [0.3, 0.4) is 0 Å². The van der Waals surface area contributed by atoms with Crippen LogP contribution in [0.15, 0.2) is 23.6 Å². The van der Waals surface area contributed by atoms with E-state index in [-0.39, 0.29) is 22.1 Å². The van der Waals surface area contributed by atoms with Crippen LogP contribution in [0.25, 0.3) is 0 Å². The van der Waals surface area contributed by atoms with E-state index in [1.165, 1.54) is 5.38 Å². The number of hydrogen-bond donors (Lipinski definition) is 2. The van der Waals surface area contributed by atoms with Gasteiger partial charge in [0.25, 0.3) is 5.91 Å². The van der Waals surface area contributed by atoms with Crippen molar-refractivity contribution in [3.63, 3.8) is 0 Å². The minimum Gasteiger partial charge on any atom is -0.755 e. The van der Waals surface area contributed by atoms with E-state index in [9.17, 15) is 17.9 Å². The lowest BCUT2D eigenvalue weighted by Crippen LogP contribution is -2.15. The largest absolute Gasteiger partial charge is 0.755 e. The molecule has 1 aromatic heterocycles. The standard InChI is InChI=1S/C11H7FN4O3S2/c12-6-1-2-8(9(3-6)16-21(18)19)10(17)15-11-14-7(4-13)5-20-11/h1-3,5,16H,(H,18,19)(H,14,15,17)/p-1. The van der Waals surface area contributed by atoms with Gasteiger partial charge in [0.1, 0.15) is 11.9 Å². The topological polar surface area (TPSA) is 118 Å². The summed E-state index contributed by atoms with van der Waals surface area (Å²) in [6.45, 7) is 0. The number of nitrogens with zero attached hydrogens (tertiary/aromatic N) is 2. The van der Waals surface area contributed by atoms with Crippen LogP contribution in [0.5, 0.6) is 0 Å². The van der Waals surface area contributed by atoms with Crippen molar-refractivity contribution in [2.45, 2.75) is 0 Å². The van der Waals surface area contributed by atoms with Gasteiger partial charge < -0.3 is 9.27 Å². The summed E-state index contributed by atoms with van der Waals surface area (Å²) in [5.74, 6) is -1.37. The quantitative estimate of drug-likeness (QED) is 0.828. The molecule has 2 N–H and O–H groups in total. The Balaban J connectivity index is 2.26. The van der Waals surface area contributed by atoms with Gasteiger partial charge in [0.2, 0.25) is 0 Å². The van der Waals surface area contributed by atoms with Crippen LogP contribution in [0.4, 0.5) is 15.2 Å². The third-order valence-corrected chi connectivity index (χ3v) is 3.40. The monoisotopic (exact) mass is 325 g/mol. The number of nitrogens with one attached hydrogen (secondary N) is 2. The van der Waals surface area contributed by atoms with E-state index in [2.05, 4.69) is 10.3 Å². The minimum atomic E-state index is -2.70. The first-order valence-corrected chi connectivity index (χ1v) is 7.27. The first-order valence-electron chi connectivity index (χ1n) is 5.32. The lowest BCUT2D eigenvalue weighted by atomic mass is 10.1. The Morgan fingerprint density at radius 3 is 2.90 bits per heavy atom. The molecule has 10 heteroatoms. The number of carbonyl (C=O) groups is 1. The third kappa shape index (κ3) is 3.82. The van der Waals surface area contributed by atoms with Crippen LogP contribution in [0.1, 0.15) is 16.1 Å². The zero-order valence-corrected chi connectivity index (χ0v) is 11.8. The lowest BCUT2D eigenvalue weighted by Gasteiger charge is -2.12. The number of halogens is 1. The van der Waals surface area contributed by atoms with Crippen LogP contribution in [-0.2, 0) is 11.3 Å². The molecule has 1 heterocycles. The Morgan fingerprint density at radius 2 is 2.29 bits per heavy atom. The van der Waals surface area contributed by atoms with Gasteiger partial charge in [-0.1, -0.05) is 0 Å². The molecule has 2 aromatic rings. The Hall–Kier alpha value is -2.35. The van der Waals surface area contributed by atoms with Gasteiger partial charge in [-0.3, -0.25) is 14.3 Å². The van der Waals surface area contributed by atoms with Crippen LogP contribution < -0.4 is 10.0 Å². The maximum Gasteiger partial charge on any atom is 0.259 e. The van der Waals surface area contributed by atoms with Gasteiger partial charge in [-0.05, 0) is 18.2 Å². The normalized spacial score (nSPS) is 11.5. The average Bonchev–Trinajstić information content (AvgIpc) is 2.85. The van der Waals surface area contributed by atoms with Crippen molar-refractivity contribution in [3.8, 4) is 6.07 Å². The van der Waals surface area contributed by atoms with E-state index < -0.39 is 23.0 Å². The molecule has 108 valence electrons. The number of aromatic nitrogens is 1. The molecule has 0 aliphatic carbocycles. The van der Waals surface area contributed by atoms with Crippen LogP contribution >= 0.6 is 11.3 Å². The van der Waals surface area contributed by atoms with E-state index in [4.69, 9.17) is 5.26 Å². The summed E-state index contributed by atoms with van der Waals surface area (Å²) in [6.07, 6.45) is 0. The fraction of sp³-hybridized carbons (Fsp3) is 0. The van der Waals surface area contributed by atoms with Crippen LogP contribution in [-0.4, -0.2) is 19.7 Å². The molecule has 2 rings (SSSR count). The fourth-order valence-electron chi connectivity index (χ4n) is 1.44. The maximum atomic E-state index is 13.1. The zero-order chi connectivity index (χ0) is 15.4. The minimum absolute atomic E-state index is 0.0747. The number of rotatable bonds is 4. The molecule has 0 saturated carbocycles. The Morgan fingerprint density at radius 1 is 1.52 bits per heavy atom. The first kappa shape index (κ1) is 15.0. The third-order valence-electron chi connectivity index (χ3n) is 2.26. The molecule has 21 heavy (non-hydrogen) atoms. The van der Waals surface area contributed by atoms with Crippen molar-refractivity contribution in [1.29, 1.82) is 5.26 Å². The molecular formula is C11H6FN4O3S2-. The summed E-state index contributed by atoms with van der Waals surface area (Å²) >= 11 is -1.66. The van der Waals surface area contributed by atoms with E-state index in [0.29, 0.717) is 0 Å². The molecule has 1 amide bonds. The molecule has 0 aliphatic heterocycles. The number of carbonyl (C=O) groups excluding carboxylic acids is 1. The van der Waals surface area contributed by atoms with Gasteiger partial charge in [0.15, 0.2) is 10.8 Å². The molecule has 0 fully saturated rings. The molecule has 0 aliphatic rings. The predicted molar refractivity (Wildman–Crippen MR) is 73.7 cm³/mol. The van der Waals surface area contributed by atoms with Gasteiger partial charge in [-0.2, -0.15) is 5.26 Å². The average molecular weight is 325 g/mol. The molecule has 7 nitrogen and oxygen atoms in total. The second-order valence-corrected chi connectivity index (χ2v) is 5.16. The van der Waals surface area contributed by atoms with Crippen molar-refractivity contribution >= 4 is 39.3 Å². The van der Waals surface area contributed by atoms with Crippen LogP contribution in [0.2, 0.25) is 0 Å². The highest BCUT2D eigenvalue weighted by Crippen LogP contribution is 2.21. The molecular weight excluding hydrogens is 319 g/mol. The van der Waals surface area contributed by atoms with Gasteiger partial charge in [0, 0.05) is 16.6 Å². The van der Waals surface area contributed by atoms with E-state index in [1.807, 2.05) is 10.8 Å². The molecule has 1 unspecified atom stereocenters. The number of hydrogen-bond acceptors (Lipinski definition) is 6. The maximum absolute atomic E-state index is 13.1. The van der Waals surface area contributed by atoms with Crippen molar-refractivity contribution in [2.75, 3.05) is 10.0 Å². The van der Waals surface area contributed by atoms with Crippen molar-refractivity contribution in [1.82, 2.24) is 4.98 Å². The fourth-order valence-corrected chi connectivity index (χ4v) is 2.42. The Bertz CT molecular complexity index is 756. The summed E-state index contributed by atoms with van der Waals surface area (Å²) in [6, 6.07) is 4.85. The second kappa shape index (κ2) is 6.40. The first-order chi connectivity index (χ1) is 9.99. The highest BCUT2D eigenvalue weighted by Gasteiger charge is 2.14. The second-order valence-electron chi connectivity index (χ2n) is 3.63. The summed E-state index contributed by atoms with van der Waals surface area (Å²) < 4.78 is 36.3. The van der Waals surface area contributed by atoms with Crippen LogP contribution in [0, 0.1) is 17.1 Å². The number of amides is 1. The highest BCUT2D eigenvalue weighted by molar-refractivity contribution is 7.80. The summed E-state index contributed by atoms with van der Waals surface area (Å²) in [5, 5.41) is 12.7. The van der Waals surface area contributed by atoms with Gasteiger partial charge in [0.05, 0.1) is 11.3 Å². The SMILES string of the molecule is N#Cc1csc(NC(=O)c2ccc(F)cc2NS(=O)[O-])n1. The molecule has 0 spiro atoms. The number of anilines is 2. The van der Waals surface area contributed by atoms with Crippen molar-refractivity contribution in [2.24, 2.45) is 0 Å². The van der Waals surface area contributed by atoms with Gasteiger partial charge in [-0.25, -0.2) is 9.37 Å². The number of benzene rings is 1. The zero-order valence-electron chi connectivity index (χ0n) is 10.1.